The number of methoxy groups -OCH3 is 1. The van der Waals surface area contributed by atoms with Gasteiger partial charge in [0.25, 0.3) is 0 Å². The van der Waals surface area contributed by atoms with Gasteiger partial charge in [-0.1, -0.05) is 61.7 Å². The highest BCUT2D eigenvalue weighted by molar-refractivity contribution is 7.03. The second kappa shape index (κ2) is 22.8. The molecule has 0 radical (unpaired) electrons. The minimum Gasteiger partial charge on any atom is -0.459 e. The number of rotatable bonds is 12. The standard InChI is InChI=1S/C50H81N7O11S/c1-14-40-50(10,63)43(59)32(6)56(12)24-28(2)22-48(8,62)45(30(4)41(31(5)46(61)67-40)39-23-49(9,64-13)44(60)33(7)66-39)68-47-42(58)38(21-29(3)65-47)55(11)20-19-36-26-57(53-51-36)25-34-15-17-35(18-16-34)37-27-69-54-52-37/h15-18,26-33,38-45,47,58-60,62-63H,14,19-25H2,1-13H3/t28-,29-,30+,31-,32-,33+,38+,39?,40-,41+,42-,43-,44+,45-,47+,48-,49-,50-/m1/s1. The van der Waals surface area contributed by atoms with E-state index in [0.29, 0.717) is 32.5 Å². The number of aromatic nitrogens is 5. The summed E-state index contributed by atoms with van der Waals surface area (Å²) in [5, 5.41) is 75.0. The number of hydrogen-bond acceptors (Lipinski definition) is 18. The Kier molecular flexibility index (Phi) is 18.3. The third kappa shape index (κ3) is 12.6. The van der Waals surface area contributed by atoms with E-state index in [9.17, 15) is 30.3 Å². The molecule has 6 rings (SSSR count). The molecule has 0 amide bonds. The molecular formula is C50H81N7O11S. The van der Waals surface area contributed by atoms with E-state index in [1.807, 2.05) is 94.1 Å². The number of benzene rings is 1. The number of aliphatic hydroxyl groups excluding tert-OH is 3. The van der Waals surface area contributed by atoms with E-state index in [2.05, 4.69) is 24.8 Å². The van der Waals surface area contributed by atoms with Gasteiger partial charge < -0.3 is 59.0 Å². The first-order valence-corrected chi connectivity index (χ1v) is 25.6. The van der Waals surface area contributed by atoms with Gasteiger partial charge in [-0.3, -0.25) is 4.79 Å². The fraction of sp³-hybridized carbons (Fsp3) is 0.780. The van der Waals surface area contributed by atoms with E-state index in [1.165, 1.54) is 25.6 Å². The van der Waals surface area contributed by atoms with Gasteiger partial charge in [-0.05, 0) is 104 Å². The quantitative estimate of drug-likeness (QED) is 0.162. The third-order valence-electron chi connectivity index (χ3n) is 15.7. The summed E-state index contributed by atoms with van der Waals surface area (Å²) in [5.41, 5.74) is -0.714. The highest BCUT2D eigenvalue weighted by Gasteiger charge is 2.55. The zero-order valence-corrected chi connectivity index (χ0v) is 43.8. The van der Waals surface area contributed by atoms with Crippen molar-refractivity contribution < 1.29 is 54.0 Å². The van der Waals surface area contributed by atoms with Crippen molar-refractivity contribution in [2.75, 3.05) is 34.3 Å². The van der Waals surface area contributed by atoms with E-state index >= 15 is 0 Å². The van der Waals surface area contributed by atoms with Crippen LogP contribution in [0.5, 0.6) is 0 Å². The number of esters is 1. The van der Waals surface area contributed by atoms with Crippen LogP contribution in [0.2, 0.25) is 0 Å². The van der Waals surface area contributed by atoms with Gasteiger partial charge in [-0.15, -0.1) is 10.2 Å². The van der Waals surface area contributed by atoms with Gasteiger partial charge >= 0.3 is 5.97 Å². The lowest BCUT2D eigenvalue weighted by Gasteiger charge is -2.51. The summed E-state index contributed by atoms with van der Waals surface area (Å²) in [6.45, 7) is 19.6. The minimum absolute atomic E-state index is 0.165. The van der Waals surface area contributed by atoms with E-state index in [0.717, 1.165) is 22.5 Å². The Bertz CT molecular complexity index is 2080. The van der Waals surface area contributed by atoms with E-state index < -0.39 is 102 Å². The minimum atomic E-state index is -1.81. The first-order chi connectivity index (χ1) is 32.4. The van der Waals surface area contributed by atoms with Crippen molar-refractivity contribution in [2.45, 2.75) is 192 Å². The maximum Gasteiger partial charge on any atom is 0.309 e. The number of hydrogen-bond donors (Lipinski definition) is 5. The van der Waals surface area contributed by atoms with E-state index in [4.69, 9.17) is 23.7 Å². The molecule has 0 bridgehead atoms. The van der Waals surface area contributed by atoms with Gasteiger partial charge in [0.05, 0.1) is 53.8 Å². The predicted octanol–water partition coefficient (Wildman–Crippen LogP) is 3.95. The van der Waals surface area contributed by atoms with Gasteiger partial charge in [0.2, 0.25) is 0 Å². The summed E-state index contributed by atoms with van der Waals surface area (Å²) < 4.78 is 38.0. The maximum absolute atomic E-state index is 14.6. The van der Waals surface area contributed by atoms with Crippen LogP contribution in [0.1, 0.15) is 106 Å². The van der Waals surface area contributed by atoms with Crippen LogP contribution in [0.25, 0.3) is 11.3 Å². The molecule has 1 aromatic carbocycles. The highest BCUT2D eigenvalue weighted by atomic mass is 32.1. The first-order valence-electron chi connectivity index (χ1n) is 24.8. The normalized spacial score (nSPS) is 40.3. The number of ether oxygens (including phenoxy) is 5. The van der Waals surface area contributed by atoms with Crippen LogP contribution in [0, 0.1) is 23.7 Å². The summed E-state index contributed by atoms with van der Waals surface area (Å²) in [7, 11) is 5.35. The van der Waals surface area contributed by atoms with Crippen LogP contribution in [-0.4, -0.2) is 184 Å². The molecule has 18 nitrogen and oxygen atoms in total. The number of carbonyl (C=O) groups excluding carboxylic acids is 1. The predicted molar refractivity (Wildman–Crippen MR) is 260 cm³/mol. The Morgan fingerprint density at radius 3 is 2.30 bits per heavy atom. The molecule has 3 aromatic rings. The van der Waals surface area contributed by atoms with E-state index in [-0.39, 0.29) is 31.3 Å². The second-order valence-corrected chi connectivity index (χ2v) is 22.0. The Hall–Kier alpha value is -3.05. The summed E-state index contributed by atoms with van der Waals surface area (Å²) in [6.07, 6.45) is -4.73. The molecule has 18 atom stereocenters. The number of cyclic esters (lactones) is 1. The number of aliphatic hydroxyl groups is 5. The monoisotopic (exact) mass is 988 g/mol. The van der Waals surface area contributed by atoms with Crippen molar-refractivity contribution in [3.8, 4) is 11.3 Å². The fourth-order valence-corrected chi connectivity index (χ4v) is 11.9. The number of nitrogens with zero attached hydrogens (tertiary/aromatic N) is 7. The lowest BCUT2D eigenvalue weighted by atomic mass is 9.68. The Balaban J connectivity index is 1.27. The molecule has 69 heavy (non-hydrogen) atoms. The number of carbonyl (C=O) groups is 1. The molecule has 19 heteroatoms. The van der Waals surface area contributed by atoms with Crippen molar-refractivity contribution in [1.29, 1.82) is 0 Å². The van der Waals surface area contributed by atoms with Crippen LogP contribution in [0.15, 0.2) is 35.8 Å². The van der Waals surface area contributed by atoms with Crippen LogP contribution < -0.4 is 0 Å². The zero-order valence-electron chi connectivity index (χ0n) is 43.0. The van der Waals surface area contributed by atoms with Crippen LogP contribution in [0.3, 0.4) is 0 Å². The van der Waals surface area contributed by atoms with Gasteiger partial charge in [0.15, 0.2) is 6.29 Å². The molecule has 3 fully saturated rings. The van der Waals surface area contributed by atoms with Crippen molar-refractivity contribution >= 4 is 17.5 Å². The molecule has 0 aliphatic carbocycles. The van der Waals surface area contributed by atoms with Crippen molar-refractivity contribution in [2.24, 2.45) is 23.7 Å². The summed E-state index contributed by atoms with van der Waals surface area (Å²) in [5.74, 6) is -3.10. The van der Waals surface area contributed by atoms with Crippen molar-refractivity contribution in [3.63, 3.8) is 0 Å². The molecule has 5 N–H and O–H groups in total. The molecule has 0 saturated carbocycles. The zero-order chi connectivity index (χ0) is 50.7. The Morgan fingerprint density at radius 1 is 0.971 bits per heavy atom. The third-order valence-corrected chi connectivity index (χ3v) is 16.2. The number of likely N-dealkylation sites (N-methyl/N-ethyl adjacent to an activating group) is 2. The van der Waals surface area contributed by atoms with Crippen LogP contribution >= 0.6 is 11.5 Å². The van der Waals surface area contributed by atoms with E-state index in [1.54, 1.807) is 27.7 Å². The Morgan fingerprint density at radius 2 is 1.67 bits per heavy atom. The van der Waals surface area contributed by atoms with Gasteiger partial charge in [0, 0.05) is 68.2 Å². The highest BCUT2D eigenvalue weighted by Crippen LogP contribution is 2.45. The first kappa shape index (κ1) is 55.3. The van der Waals surface area contributed by atoms with Crippen LogP contribution in [0.4, 0.5) is 0 Å². The van der Waals surface area contributed by atoms with Gasteiger partial charge in [0.1, 0.15) is 35.7 Å². The van der Waals surface area contributed by atoms with Crippen molar-refractivity contribution in [1.82, 2.24) is 34.4 Å². The molecule has 1 unspecified atom stereocenters. The molecule has 3 aliphatic heterocycles. The lowest BCUT2D eigenvalue weighted by Crippen LogP contribution is -2.62. The summed E-state index contributed by atoms with van der Waals surface area (Å²) in [4.78, 5) is 18.6. The van der Waals surface area contributed by atoms with Gasteiger partial charge in [-0.2, -0.15) is 0 Å². The Labute approximate surface area is 412 Å². The lowest BCUT2D eigenvalue weighted by molar-refractivity contribution is -0.302. The SMILES string of the molecule is CC[C@H]1OC(=O)[C@H](C)[C@@H](C2C[C@@](C)(OC)[C@@H](O)[C@H](C)O2)[C@H](C)[C@@H](O[C@@H]2O[C@H](C)C[C@H](N(C)CCc3cn(Cc4ccc(-c5csnn5)cc4)nn3)[C@H]2O)[C@](C)(O)C[C@@H](C)CN(C)[C@H](C)[C@@H](O)[C@]1(C)O. The molecule has 3 saturated heterocycles. The molecule has 0 spiro atoms. The topological polar surface area (TPSA) is 227 Å². The average Bonchev–Trinajstić information content (AvgIpc) is 4.01. The van der Waals surface area contributed by atoms with Crippen LogP contribution in [-0.2, 0) is 41.4 Å². The maximum atomic E-state index is 14.6. The average molecular weight is 988 g/mol. The van der Waals surface area contributed by atoms with Crippen molar-refractivity contribution in [3.05, 3.63) is 47.1 Å². The van der Waals surface area contributed by atoms with Gasteiger partial charge in [-0.25, -0.2) is 4.68 Å². The molecule has 388 valence electrons. The molecule has 3 aliphatic rings. The summed E-state index contributed by atoms with van der Waals surface area (Å²) >= 11 is 1.32. The largest absolute Gasteiger partial charge is 0.459 e. The molecule has 2 aromatic heterocycles. The molecular weight excluding hydrogens is 907 g/mol. The smallest absolute Gasteiger partial charge is 0.309 e. The fourth-order valence-electron chi connectivity index (χ4n) is 11.5. The summed E-state index contributed by atoms with van der Waals surface area (Å²) in [6, 6.07) is 7.19. The second-order valence-electron chi connectivity index (χ2n) is 21.4. The molecule has 5 heterocycles.